The van der Waals surface area contributed by atoms with E-state index >= 15 is 0 Å². The first-order valence-electron chi connectivity index (χ1n) is 9.08. The van der Waals surface area contributed by atoms with Crippen LogP contribution in [0.4, 0.5) is 0 Å². The molecule has 2 fully saturated rings. The standard InChI is InChI=1S/C20H26N2O2/c1-2-24-19(23)18-11-13-20(12-7-6-10-17(20)14-21)22(18)15-16-8-4-3-5-9-16/h3-5,8-9,17-18H,2,6-7,10-13,15H2,1H3/t17-,18+,20-/m0/s1. The molecular weight excluding hydrogens is 300 g/mol. The Morgan fingerprint density at radius 2 is 2.08 bits per heavy atom. The van der Waals surface area contributed by atoms with E-state index in [9.17, 15) is 10.1 Å². The summed E-state index contributed by atoms with van der Waals surface area (Å²) in [5, 5.41) is 9.74. The second-order valence-corrected chi connectivity index (χ2v) is 6.95. The van der Waals surface area contributed by atoms with Crippen molar-refractivity contribution in [1.82, 2.24) is 4.90 Å². The van der Waals surface area contributed by atoms with E-state index in [1.165, 1.54) is 5.56 Å². The summed E-state index contributed by atoms with van der Waals surface area (Å²) in [6, 6.07) is 12.6. The number of nitrogens with zero attached hydrogens (tertiary/aromatic N) is 2. The number of nitriles is 1. The van der Waals surface area contributed by atoms with E-state index in [0.29, 0.717) is 13.2 Å². The Morgan fingerprint density at radius 1 is 1.29 bits per heavy atom. The molecule has 1 aromatic rings. The quantitative estimate of drug-likeness (QED) is 0.792. The SMILES string of the molecule is CCOC(=O)[C@H]1CC[C@]2(CCCC[C@H]2C#N)N1Cc1ccccc1. The molecule has 2 aliphatic rings. The minimum absolute atomic E-state index is 0.00869. The van der Waals surface area contributed by atoms with Gasteiger partial charge in [0.1, 0.15) is 6.04 Å². The molecule has 24 heavy (non-hydrogen) atoms. The van der Waals surface area contributed by atoms with E-state index in [2.05, 4.69) is 23.1 Å². The maximum Gasteiger partial charge on any atom is 0.323 e. The van der Waals surface area contributed by atoms with Gasteiger partial charge in [0, 0.05) is 12.1 Å². The average Bonchev–Trinajstić information content (AvgIpc) is 2.95. The molecule has 4 nitrogen and oxygen atoms in total. The van der Waals surface area contributed by atoms with E-state index in [4.69, 9.17) is 4.74 Å². The van der Waals surface area contributed by atoms with Crippen molar-refractivity contribution in [3.05, 3.63) is 35.9 Å². The lowest BCUT2D eigenvalue weighted by Gasteiger charge is -2.46. The molecule has 1 heterocycles. The van der Waals surface area contributed by atoms with Crippen molar-refractivity contribution in [2.45, 2.75) is 63.6 Å². The van der Waals surface area contributed by atoms with E-state index in [1.54, 1.807) is 0 Å². The van der Waals surface area contributed by atoms with Crippen molar-refractivity contribution in [2.75, 3.05) is 6.61 Å². The highest BCUT2D eigenvalue weighted by Gasteiger charge is 2.54. The zero-order valence-corrected chi connectivity index (χ0v) is 14.4. The predicted molar refractivity (Wildman–Crippen MR) is 91.9 cm³/mol. The molecule has 0 radical (unpaired) electrons. The fourth-order valence-electron chi connectivity index (χ4n) is 4.58. The molecule has 1 aliphatic carbocycles. The van der Waals surface area contributed by atoms with Crippen molar-refractivity contribution in [1.29, 1.82) is 5.26 Å². The topological polar surface area (TPSA) is 53.3 Å². The summed E-state index contributed by atoms with van der Waals surface area (Å²) < 4.78 is 5.33. The zero-order chi connectivity index (χ0) is 17.0. The molecule has 1 aromatic carbocycles. The summed E-state index contributed by atoms with van der Waals surface area (Å²) in [6.07, 6.45) is 5.92. The van der Waals surface area contributed by atoms with Crippen LogP contribution < -0.4 is 0 Å². The first kappa shape index (κ1) is 17.0. The molecule has 0 bridgehead atoms. The third kappa shape index (κ3) is 3.06. The minimum atomic E-state index is -0.223. The molecule has 128 valence electrons. The van der Waals surface area contributed by atoms with Crippen molar-refractivity contribution >= 4 is 5.97 Å². The Bertz CT molecular complexity index is 610. The second-order valence-electron chi connectivity index (χ2n) is 6.95. The van der Waals surface area contributed by atoms with Crippen LogP contribution in [0.3, 0.4) is 0 Å². The molecule has 0 amide bonds. The Hall–Kier alpha value is -1.86. The first-order valence-corrected chi connectivity index (χ1v) is 9.08. The lowest BCUT2D eigenvalue weighted by Crippen LogP contribution is -2.54. The van der Waals surface area contributed by atoms with Crippen LogP contribution in [0.1, 0.15) is 51.0 Å². The van der Waals surface area contributed by atoms with Gasteiger partial charge in [-0.3, -0.25) is 9.69 Å². The van der Waals surface area contributed by atoms with Gasteiger partial charge in [-0.1, -0.05) is 43.2 Å². The van der Waals surface area contributed by atoms with Gasteiger partial charge >= 0.3 is 5.97 Å². The average molecular weight is 326 g/mol. The summed E-state index contributed by atoms with van der Waals surface area (Å²) in [7, 11) is 0. The Morgan fingerprint density at radius 3 is 2.79 bits per heavy atom. The molecule has 1 saturated carbocycles. The number of esters is 1. The first-order chi connectivity index (χ1) is 11.7. The minimum Gasteiger partial charge on any atom is -0.465 e. The Kier molecular flexibility index (Phi) is 5.20. The third-order valence-electron chi connectivity index (χ3n) is 5.71. The summed E-state index contributed by atoms with van der Waals surface area (Å²) in [5.74, 6) is -0.123. The van der Waals surface area contributed by atoms with Gasteiger partial charge in [0.2, 0.25) is 0 Å². The van der Waals surface area contributed by atoms with Gasteiger partial charge < -0.3 is 4.74 Å². The smallest absolute Gasteiger partial charge is 0.323 e. The third-order valence-corrected chi connectivity index (χ3v) is 5.71. The summed E-state index contributed by atoms with van der Waals surface area (Å²) in [5.41, 5.74) is 1.02. The van der Waals surface area contributed by atoms with Gasteiger partial charge in [0.15, 0.2) is 0 Å². The maximum absolute atomic E-state index is 12.5. The van der Waals surface area contributed by atoms with Crippen molar-refractivity contribution in [2.24, 2.45) is 5.92 Å². The van der Waals surface area contributed by atoms with Gasteiger partial charge in [-0.2, -0.15) is 5.26 Å². The molecule has 3 rings (SSSR count). The number of hydrogen-bond donors (Lipinski definition) is 0. The summed E-state index contributed by atoms with van der Waals surface area (Å²) in [6.45, 7) is 2.97. The molecule has 0 aromatic heterocycles. The van der Waals surface area contributed by atoms with Crippen LogP contribution in [-0.2, 0) is 16.1 Å². The van der Waals surface area contributed by atoms with Gasteiger partial charge in [-0.05, 0) is 38.2 Å². The number of rotatable bonds is 4. The van der Waals surface area contributed by atoms with E-state index < -0.39 is 0 Å². The highest BCUT2D eigenvalue weighted by molar-refractivity contribution is 5.76. The Balaban J connectivity index is 1.92. The van der Waals surface area contributed by atoms with Crippen molar-refractivity contribution in [3.63, 3.8) is 0 Å². The second kappa shape index (κ2) is 7.36. The molecule has 1 aliphatic heterocycles. The molecular formula is C20H26N2O2. The number of ether oxygens (including phenoxy) is 1. The van der Waals surface area contributed by atoms with E-state index in [1.807, 2.05) is 25.1 Å². The molecule has 0 N–H and O–H groups in total. The number of benzene rings is 1. The van der Waals surface area contributed by atoms with Crippen molar-refractivity contribution < 1.29 is 9.53 Å². The van der Waals surface area contributed by atoms with Gasteiger partial charge in [-0.15, -0.1) is 0 Å². The summed E-state index contributed by atoms with van der Waals surface area (Å²) >= 11 is 0. The highest BCUT2D eigenvalue weighted by atomic mass is 16.5. The van der Waals surface area contributed by atoms with Crippen LogP contribution in [0.5, 0.6) is 0 Å². The largest absolute Gasteiger partial charge is 0.465 e. The number of carbonyl (C=O) groups excluding carboxylic acids is 1. The van der Waals surface area contributed by atoms with Gasteiger partial charge in [0.05, 0.1) is 18.6 Å². The number of likely N-dealkylation sites (tertiary alicyclic amines) is 1. The van der Waals surface area contributed by atoms with E-state index in [0.717, 1.165) is 38.5 Å². The van der Waals surface area contributed by atoms with Crippen LogP contribution >= 0.6 is 0 Å². The fourth-order valence-corrected chi connectivity index (χ4v) is 4.58. The monoisotopic (exact) mass is 326 g/mol. The Labute approximate surface area is 144 Å². The summed E-state index contributed by atoms with van der Waals surface area (Å²) in [4.78, 5) is 14.8. The van der Waals surface area contributed by atoms with Gasteiger partial charge in [0.25, 0.3) is 0 Å². The molecule has 1 saturated heterocycles. The van der Waals surface area contributed by atoms with Crippen LogP contribution in [0.2, 0.25) is 0 Å². The molecule has 1 spiro atoms. The zero-order valence-electron chi connectivity index (χ0n) is 14.4. The highest BCUT2D eigenvalue weighted by Crippen LogP contribution is 2.48. The van der Waals surface area contributed by atoms with E-state index in [-0.39, 0.29) is 23.5 Å². The predicted octanol–water partition coefficient (Wildman–Crippen LogP) is 3.67. The van der Waals surface area contributed by atoms with Gasteiger partial charge in [-0.25, -0.2) is 0 Å². The van der Waals surface area contributed by atoms with Crippen LogP contribution in [-0.4, -0.2) is 29.1 Å². The van der Waals surface area contributed by atoms with Crippen LogP contribution in [0, 0.1) is 17.2 Å². The fraction of sp³-hybridized carbons (Fsp3) is 0.600. The molecule has 0 unspecified atom stereocenters. The maximum atomic E-state index is 12.5. The molecule has 3 atom stereocenters. The lowest BCUT2D eigenvalue weighted by atomic mass is 9.71. The number of carbonyl (C=O) groups is 1. The lowest BCUT2D eigenvalue weighted by molar-refractivity contribution is -0.151. The van der Waals surface area contributed by atoms with Crippen LogP contribution in [0.25, 0.3) is 0 Å². The number of hydrogen-bond acceptors (Lipinski definition) is 4. The normalized spacial score (nSPS) is 30.2. The van der Waals surface area contributed by atoms with Crippen molar-refractivity contribution in [3.8, 4) is 6.07 Å². The van der Waals surface area contributed by atoms with Crippen LogP contribution in [0.15, 0.2) is 30.3 Å². The molecule has 4 heteroatoms.